The average molecular weight is 362 g/mol. The minimum atomic E-state index is -3.65. The van der Waals surface area contributed by atoms with Crippen molar-refractivity contribution in [2.75, 3.05) is 13.7 Å². The predicted octanol–water partition coefficient (Wildman–Crippen LogP) is 3.44. The van der Waals surface area contributed by atoms with Gasteiger partial charge in [-0.15, -0.1) is 0 Å². The molecule has 6 heteroatoms. The van der Waals surface area contributed by atoms with Crippen molar-refractivity contribution < 1.29 is 13.2 Å². The van der Waals surface area contributed by atoms with Gasteiger partial charge in [0.25, 0.3) is 0 Å². The van der Waals surface area contributed by atoms with Crippen molar-refractivity contribution in [3.05, 3.63) is 65.2 Å². The van der Waals surface area contributed by atoms with Gasteiger partial charge in [0.05, 0.1) is 22.8 Å². The highest BCUT2D eigenvalue weighted by Gasteiger charge is 2.72. The molecule has 1 saturated carbocycles. The molecule has 0 aromatic heterocycles. The fourth-order valence-electron chi connectivity index (χ4n) is 3.34. The molecule has 24 heavy (non-hydrogen) atoms. The van der Waals surface area contributed by atoms with E-state index in [1.165, 1.54) is 7.11 Å². The van der Waals surface area contributed by atoms with Gasteiger partial charge < -0.3 is 4.74 Å². The number of nitrogens with zero attached hydrogens (tertiary/aromatic N) is 1. The van der Waals surface area contributed by atoms with Crippen molar-refractivity contribution >= 4 is 21.4 Å². The Morgan fingerprint density at radius 2 is 1.79 bits per heavy atom. The standard InChI is InChI=1S/C18H16ClNO3S/c1-23-12-18(11-20)16(13-7-9-14(19)10-8-13)17(18)24(21,22)15-5-3-2-4-6-15/h2-10,16-17H,12H2,1H3/t16-,17-,18-/m1/s1. The summed E-state index contributed by atoms with van der Waals surface area (Å²) in [6.07, 6.45) is 0. The van der Waals surface area contributed by atoms with E-state index in [1.54, 1.807) is 54.6 Å². The van der Waals surface area contributed by atoms with Gasteiger partial charge in [0.15, 0.2) is 9.84 Å². The van der Waals surface area contributed by atoms with E-state index in [9.17, 15) is 13.7 Å². The third-order valence-corrected chi connectivity index (χ3v) is 7.03. The second-order valence-corrected chi connectivity index (χ2v) is 8.40. The largest absolute Gasteiger partial charge is 0.383 e. The second-order valence-electron chi connectivity index (χ2n) is 5.89. The minimum absolute atomic E-state index is 0.0630. The number of hydrogen-bond acceptors (Lipinski definition) is 4. The van der Waals surface area contributed by atoms with Crippen LogP contribution < -0.4 is 0 Å². The van der Waals surface area contributed by atoms with Gasteiger partial charge in [0.2, 0.25) is 0 Å². The van der Waals surface area contributed by atoms with E-state index in [4.69, 9.17) is 16.3 Å². The number of ether oxygens (including phenoxy) is 1. The van der Waals surface area contributed by atoms with Crippen LogP contribution in [0.25, 0.3) is 0 Å². The van der Waals surface area contributed by atoms with Crippen LogP contribution >= 0.6 is 11.6 Å². The highest BCUT2D eigenvalue weighted by molar-refractivity contribution is 7.92. The quantitative estimate of drug-likeness (QED) is 0.818. The van der Waals surface area contributed by atoms with Gasteiger partial charge in [-0.05, 0) is 29.8 Å². The summed E-state index contributed by atoms with van der Waals surface area (Å²) in [6.45, 7) is 0.0630. The molecule has 124 valence electrons. The van der Waals surface area contributed by atoms with Crippen LogP contribution in [0.4, 0.5) is 0 Å². The Kier molecular flexibility index (Phi) is 4.39. The summed E-state index contributed by atoms with van der Waals surface area (Å²) < 4.78 is 31.3. The summed E-state index contributed by atoms with van der Waals surface area (Å²) in [5.74, 6) is -0.440. The maximum absolute atomic E-state index is 13.1. The zero-order valence-corrected chi connectivity index (χ0v) is 14.6. The summed E-state index contributed by atoms with van der Waals surface area (Å²) in [7, 11) is -2.18. The van der Waals surface area contributed by atoms with Gasteiger partial charge in [0.1, 0.15) is 5.41 Å². The van der Waals surface area contributed by atoms with Gasteiger partial charge in [-0.2, -0.15) is 5.26 Å². The summed E-state index contributed by atoms with van der Waals surface area (Å²) in [5, 5.41) is 9.47. The summed E-state index contributed by atoms with van der Waals surface area (Å²) in [5.41, 5.74) is -0.306. The monoisotopic (exact) mass is 361 g/mol. The molecule has 0 saturated heterocycles. The molecule has 3 atom stereocenters. The van der Waals surface area contributed by atoms with Crippen molar-refractivity contribution in [1.82, 2.24) is 0 Å². The molecule has 1 aliphatic rings. The number of methoxy groups -OCH3 is 1. The number of rotatable bonds is 5. The van der Waals surface area contributed by atoms with Crippen molar-refractivity contribution in [2.24, 2.45) is 5.41 Å². The Hall–Kier alpha value is -1.87. The molecule has 0 N–H and O–H groups in total. The molecule has 0 unspecified atom stereocenters. The lowest BCUT2D eigenvalue weighted by molar-refractivity contribution is 0.162. The molecule has 0 heterocycles. The molecule has 0 aliphatic heterocycles. The minimum Gasteiger partial charge on any atom is -0.383 e. The number of sulfone groups is 1. The Morgan fingerprint density at radius 1 is 1.17 bits per heavy atom. The van der Waals surface area contributed by atoms with E-state index >= 15 is 0 Å². The van der Waals surface area contributed by atoms with Crippen molar-refractivity contribution in [1.29, 1.82) is 5.26 Å². The van der Waals surface area contributed by atoms with Crippen LogP contribution in [0.1, 0.15) is 11.5 Å². The molecule has 0 radical (unpaired) electrons. The first-order valence-electron chi connectivity index (χ1n) is 7.42. The van der Waals surface area contributed by atoms with Gasteiger partial charge in [-0.25, -0.2) is 8.42 Å². The van der Waals surface area contributed by atoms with Crippen molar-refractivity contribution in [3.63, 3.8) is 0 Å². The van der Waals surface area contributed by atoms with Crippen LogP contribution in [0.2, 0.25) is 5.02 Å². The van der Waals surface area contributed by atoms with E-state index < -0.39 is 26.4 Å². The van der Waals surface area contributed by atoms with E-state index in [0.717, 1.165) is 5.56 Å². The number of nitriles is 1. The molecule has 1 aliphatic carbocycles. The van der Waals surface area contributed by atoms with Gasteiger partial charge in [-0.1, -0.05) is 41.9 Å². The zero-order valence-electron chi connectivity index (χ0n) is 13.0. The topological polar surface area (TPSA) is 67.2 Å². The second kappa shape index (κ2) is 6.21. The molecular formula is C18H16ClNO3S. The van der Waals surface area contributed by atoms with E-state index in [0.29, 0.717) is 5.02 Å². The normalized spacial score (nSPS) is 25.9. The summed E-state index contributed by atoms with van der Waals surface area (Å²) in [4.78, 5) is 0.224. The van der Waals surface area contributed by atoms with Crippen LogP contribution in [0.15, 0.2) is 59.5 Å². The van der Waals surface area contributed by atoms with Gasteiger partial charge in [0, 0.05) is 18.1 Å². The molecule has 0 amide bonds. The van der Waals surface area contributed by atoms with Crippen molar-refractivity contribution in [3.8, 4) is 6.07 Å². The highest BCUT2D eigenvalue weighted by Crippen LogP contribution is 2.63. The van der Waals surface area contributed by atoms with Gasteiger partial charge in [-0.3, -0.25) is 0 Å². The zero-order chi connectivity index (χ0) is 17.4. The third-order valence-electron chi connectivity index (χ3n) is 4.48. The van der Waals surface area contributed by atoms with E-state index in [1.807, 2.05) is 0 Å². The maximum atomic E-state index is 13.1. The van der Waals surface area contributed by atoms with Crippen LogP contribution in [0.5, 0.6) is 0 Å². The Balaban J connectivity index is 2.08. The predicted molar refractivity (Wildman–Crippen MR) is 91.5 cm³/mol. The molecule has 0 spiro atoms. The molecule has 0 bridgehead atoms. The molecule has 4 nitrogen and oxygen atoms in total. The molecule has 3 rings (SSSR count). The van der Waals surface area contributed by atoms with Crippen LogP contribution in [-0.2, 0) is 14.6 Å². The lowest BCUT2D eigenvalue weighted by Crippen LogP contribution is -2.19. The van der Waals surface area contributed by atoms with E-state index in [-0.39, 0.29) is 11.5 Å². The number of hydrogen-bond donors (Lipinski definition) is 0. The molecule has 1 fully saturated rings. The number of halogens is 1. The first kappa shape index (κ1) is 17.0. The van der Waals surface area contributed by atoms with Crippen LogP contribution in [0.3, 0.4) is 0 Å². The average Bonchev–Trinajstić information content (AvgIpc) is 3.26. The summed E-state index contributed by atoms with van der Waals surface area (Å²) in [6, 6.07) is 17.4. The lowest BCUT2D eigenvalue weighted by Gasteiger charge is -2.08. The Labute approximate surface area is 146 Å². The fourth-order valence-corrected chi connectivity index (χ4v) is 5.79. The Morgan fingerprint density at radius 3 is 2.33 bits per heavy atom. The van der Waals surface area contributed by atoms with Crippen LogP contribution in [0, 0.1) is 16.7 Å². The SMILES string of the molecule is COC[C@]1(C#N)[C@H](c2ccc(Cl)cc2)[C@H]1S(=O)(=O)c1ccccc1. The smallest absolute Gasteiger partial charge is 0.183 e. The fraction of sp³-hybridized carbons (Fsp3) is 0.278. The summed E-state index contributed by atoms with van der Waals surface area (Å²) >= 11 is 5.92. The highest BCUT2D eigenvalue weighted by atomic mass is 35.5. The van der Waals surface area contributed by atoms with E-state index in [2.05, 4.69) is 6.07 Å². The number of benzene rings is 2. The molecule has 2 aromatic rings. The molecule has 2 aromatic carbocycles. The molecular weight excluding hydrogens is 346 g/mol. The first-order valence-corrected chi connectivity index (χ1v) is 9.34. The lowest BCUT2D eigenvalue weighted by atomic mass is 10.0. The maximum Gasteiger partial charge on any atom is 0.183 e. The Bertz CT molecular complexity index is 875. The van der Waals surface area contributed by atoms with Crippen LogP contribution in [-0.4, -0.2) is 27.4 Å². The third kappa shape index (κ3) is 2.61. The van der Waals surface area contributed by atoms with Gasteiger partial charge >= 0.3 is 0 Å². The first-order chi connectivity index (χ1) is 11.5. The van der Waals surface area contributed by atoms with Crippen molar-refractivity contribution in [2.45, 2.75) is 16.1 Å².